The fourth-order valence-corrected chi connectivity index (χ4v) is 2.18. The average Bonchev–Trinajstić information content (AvgIpc) is 2.59. The Morgan fingerprint density at radius 3 is 1.96 bits per heavy atom. The van der Waals surface area contributed by atoms with Crippen molar-refractivity contribution < 1.29 is 19.1 Å². The van der Waals surface area contributed by atoms with Gasteiger partial charge in [0.25, 0.3) is 5.56 Å². The standard InChI is InChI=1S/C9H10ClNO3.C9H11NO3/c1-3-14-9(13)6-4-7(10)8(12)11-5(6)2;1-3-13-9(12)7-4-5-8(11)10-6(7)2/h4H,3H2,1-2H3,(H,11,12);4-5H,3H2,1-2H3,(H,10,11). The number of carbonyl (C=O) groups is 2. The van der Waals surface area contributed by atoms with E-state index >= 15 is 0 Å². The molecular weight excluding hydrogens is 376 g/mol. The van der Waals surface area contributed by atoms with E-state index in [4.69, 9.17) is 21.1 Å². The fraction of sp³-hybridized carbons (Fsp3) is 0.333. The second-order valence-electron chi connectivity index (χ2n) is 5.29. The lowest BCUT2D eigenvalue weighted by Crippen LogP contribution is -2.14. The number of carbonyl (C=O) groups excluding carboxylic acids is 2. The number of hydrogen-bond donors (Lipinski definition) is 2. The molecule has 2 rings (SSSR count). The topological polar surface area (TPSA) is 118 Å². The van der Waals surface area contributed by atoms with Crippen LogP contribution in [0.5, 0.6) is 0 Å². The molecule has 0 unspecified atom stereocenters. The van der Waals surface area contributed by atoms with Crippen LogP contribution in [0.25, 0.3) is 0 Å². The number of rotatable bonds is 4. The third kappa shape index (κ3) is 6.41. The van der Waals surface area contributed by atoms with Crippen molar-refractivity contribution in [3.8, 4) is 0 Å². The summed E-state index contributed by atoms with van der Waals surface area (Å²) in [5.41, 5.74) is 1.06. The molecule has 0 saturated heterocycles. The molecule has 2 aromatic heterocycles. The van der Waals surface area contributed by atoms with Gasteiger partial charge in [-0.05, 0) is 39.8 Å². The van der Waals surface area contributed by atoms with Gasteiger partial charge in [-0.25, -0.2) is 9.59 Å². The monoisotopic (exact) mass is 396 g/mol. The van der Waals surface area contributed by atoms with Gasteiger partial charge in [-0.2, -0.15) is 0 Å². The van der Waals surface area contributed by atoms with Crippen molar-refractivity contribution in [2.24, 2.45) is 0 Å². The summed E-state index contributed by atoms with van der Waals surface area (Å²) >= 11 is 5.58. The van der Waals surface area contributed by atoms with Crippen LogP contribution in [0, 0.1) is 13.8 Å². The van der Waals surface area contributed by atoms with Crippen molar-refractivity contribution in [1.82, 2.24) is 9.97 Å². The molecule has 0 aliphatic carbocycles. The Morgan fingerprint density at radius 2 is 1.44 bits per heavy atom. The van der Waals surface area contributed by atoms with Gasteiger partial charge in [0, 0.05) is 17.5 Å². The number of hydrogen-bond acceptors (Lipinski definition) is 6. The molecule has 0 aliphatic heterocycles. The molecule has 9 heteroatoms. The van der Waals surface area contributed by atoms with Crippen molar-refractivity contribution in [2.45, 2.75) is 27.7 Å². The second-order valence-corrected chi connectivity index (χ2v) is 5.69. The van der Waals surface area contributed by atoms with Crippen molar-refractivity contribution in [3.63, 3.8) is 0 Å². The quantitative estimate of drug-likeness (QED) is 0.766. The van der Waals surface area contributed by atoms with Gasteiger partial charge >= 0.3 is 11.9 Å². The lowest BCUT2D eigenvalue weighted by molar-refractivity contribution is 0.0515. The minimum absolute atomic E-state index is 0.0151. The Labute approximate surface area is 160 Å². The van der Waals surface area contributed by atoms with E-state index in [0.717, 1.165) is 0 Å². The van der Waals surface area contributed by atoms with E-state index in [1.54, 1.807) is 27.7 Å². The van der Waals surface area contributed by atoms with E-state index in [-0.39, 0.29) is 22.8 Å². The van der Waals surface area contributed by atoms with Crippen LogP contribution in [0.3, 0.4) is 0 Å². The maximum atomic E-state index is 11.3. The van der Waals surface area contributed by atoms with Gasteiger partial charge in [-0.15, -0.1) is 0 Å². The van der Waals surface area contributed by atoms with E-state index in [9.17, 15) is 19.2 Å². The molecule has 8 nitrogen and oxygen atoms in total. The Morgan fingerprint density at radius 1 is 0.926 bits per heavy atom. The predicted octanol–water partition coefficient (Wildman–Crippen LogP) is 2.37. The van der Waals surface area contributed by atoms with Crippen molar-refractivity contribution in [3.05, 3.63) is 66.4 Å². The number of halogens is 1. The first-order chi connectivity index (χ1) is 12.7. The maximum absolute atomic E-state index is 11.3. The smallest absolute Gasteiger partial charge is 0.339 e. The third-order valence-electron chi connectivity index (χ3n) is 3.30. The minimum Gasteiger partial charge on any atom is -0.462 e. The summed E-state index contributed by atoms with van der Waals surface area (Å²) in [5, 5.41) is -0.0151. The highest BCUT2D eigenvalue weighted by molar-refractivity contribution is 6.30. The summed E-state index contributed by atoms with van der Waals surface area (Å²) in [6, 6.07) is 4.08. The molecule has 0 radical (unpaired) electrons. The number of nitrogens with one attached hydrogen (secondary N) is 2. The predicted molar refractivity (Wildman–Crippen MR) is 101 cm³/mol. The second kappa shape index (κ2) is 10.3. The molecule has 0 amide bonds. The molecule has 0 aliphatic rings. The third-order valence-corrected chi connectivity index (χ3v) is 3.58. The van der Waals surface area contributed by atoms with Gasteiger partial charge < -0.3 is 19.4 Å². The zero-order chi connectivity index (χ0) is 20.6. The van der Waals surface area contributed by atoms with Crippen molar-refractivity contribution >= 4 is 23.5 Å². The van der Waals surface area contributed by atoms with Gasteiger partial charge in [-0.3, -0.25) is 9.59 Å². The lowest BCUT2D eigenvalue weighted by Gasteiger charge is -2.04. The number of H-pyrrole nitrogens is 2. The zero-order valence-electron chi connectivity index (χ0n) is 15.5. The Bertz CT molecular complexity index is 932. The summed E-state index contributed by atoms with van der Waals surface area (Å²) in [7, 11) is 0. The molecular formula is C18H21ClN2O6. The van der Waals surface area contributed by atoms with Crippen LogP contribution in [0.2, 0.25) is 5.02 Å². The van der Waals surface area contributed by atoms with Crippen LogP contribution in [0.4, 0.5) is 0 Å². The van der Waals surface area contributed by atoms with Gasteiger partial charge in [0.15, 0.2) is 0 Å². The largest absolute Gasteiger partial charge is 0.462 e. The van der Waals surface area contributed by atoms with E-state index in [0.29, 0.717) is 23.6 Å². The van der Waals surface area contributed by atoms with Crippen LogP contribution in [-0.4, -0.2) is 35.1 Å². The average molecular weight is 397 g/mol. The number of aryl methyl sites for hydroxylation is 2. The number of ether oxygens (including phenoxy) is 2. The number of esters is 2. The molecule has 2 N–H and O–H groups in total. The first kappa shape index (κ1) is 22.2. The summed E-state index contributed by atoms with van der Waals surface area (Å²) in [4.78, 5) is 49.4. The number of aromatic amines is 2. The molecule has 0 spiro atoms. The first-order valence-corrected chi connectivity index (χ1v) is 8.52. The van der Waals surface area contributed by atoms with Crippen molar-refractivity contribution in [1.29, 1.82) is 0 Å². The first-order valence-electron chi connectivity index (χ1n) is 8.14. The van der Waals surface area contributed by atoms with E-state index in [2.05, 4.69) is 9.97 Å². The molecule has 0 saturated carbocycles. The van der Waals surface area contributed by atoms with Crippen LogP contribution < -0.4 is 11.1 Å². The molecule has 0 aromatic carbocycles. The highest BCUT2D eigenvalue weighted by atomic mass is 35.5. The van der Waals surface area contributed by atoms with E-state index < -0.39 is 17.5 Å². The molecule has 2 aromatic rings. The molecule has 0 fully saturated rings. The summed E-state index contributed by atoms with van der Waals surface area (Å²) in [6.45, 7) is 7.34. The highest BCUT2D eigenvalue weighted by Crippen LogP contribution is 2.10. The Hall–Kier alpha value is -2.87. The highest BCUT2D eigenvalue weighted by Gasteiger charge is 2.12. The molecule has 146 valence electrons. The number of aromatic nitrogens is 2. The van der Waals surface area contributed by atoms with E-state index in [1.165, 1.54) is 18.2 Å². The Balaban J connectivity index is 0.000000271. The van der Waals surface area contributed by atoms with E-state index in [1.807, 2.05) is 0 Å². The lowest BCUT2D eigenvalue weighted by atomic mass is 10.2. The molecule has 27 heavy (non-hydrogen) atoms. The van der Waals surface area contributed by atoms with Crippen molar-refractivity contribution in [2.75, 3.05) is 13.2 Å². The maximum Gasteiger partial charge on any atom is 0.339 e. The normalized spacial score (nSPS) is 9.81. The van der Waals surface area contributed by atoms with Gasteiger partial charge in [0.1, 0.15) is 5.02 Å². The van der Waals surface area contributed by atoms with Gasteiger partial charge in [0.2, 0.25) is 5.56 Å². The number of pyridine rings is 2. The Kier molecular flexibility index (Phi) is 8.47. The molecule has 0 bridgehead atoms. The molecule has 2 heterocycles. The zero-order valence-corrected chi connectivity index (χ0v) is 16.2. The minimum atomic E-state index is -0.483. The van der Waals surface area contributed by atoms with Crippen LogP contribution >= 0.6 is 11.6 Å². The summed E-state index contributed by atoms with van der Waals surface area (Å²) < 4.78 is 9.57. The van der Waals surface area contributed by atoms with Crippen LogP contribution in [-0.2, 0) is 9.47 Å². The molecule has 0 atom stereocenters. The summed E-state index contributed by atoms with van der Waals surface area (Å²) in [6.07, 6.45) is 0. The van der Waals surface area contributed by atoms with Crippen LogP contribution in [0.1, 0.15) is 46.0 Å². The fourth-order valence-electron chi connectivity index (χ4n) is 2.03. The SMILES string of the molecule is CCOC(=O)c1cc(Cl)c(=O)[nH]c1C.CCOC(=O)c1ccc(=O)[nH]c1C. The van der Waals surface area contributed by atoms with Gasteiger partial charge in [0.05, 0.1) is 24.3 Å². The summed E-state index contributed by atoms with van der Waals surface area (Å²) in [5.74, 6) is -0.889. The van der Waals surface area contributed by atoms with Gasteiger partial charge in [-0.1, -0.05) is 11.6 Å². The van der Waals surface area contributed by atoms with Crippen LogP contribution in [0.15, 0.2) is 27.8 Å².